The van der Waals surface area contributed by atoms with Crippen LogP contribution < -0.4 is 5.32 Å². The van der Waals surface area contributed by atoms with Gasteiger partial charge in [0.1, 0.15) is 11.6 Å². The summed E-state index contributed by atoms with van der Waals surface area (Å²) in [4.78, 5) is 28.1. The van der Waals surface area contributed by atoms with Crippen molar-refractivity contribution in [1.82, 2.24) is 20.2 Å². The van der Waals surface area contributed by atoms with Crippen LogP contribution in [0.1, 0.15) is 47.1 Å². The molecule has 1 aliphatic rings. The van der Waals surface area contributed by atoms with Gasteiger partial charge in [-0.15, -0.1) is 0 Å². The van der Waals surface area contributed by atoms with Gasteiger partial charge in [0.05, 0.1) is 12.1 Å². The molecule has 28 heavy (non-hydrogen) atoms. The van der Waals surface area contributed by atoms with Gasteiger partial charge in [-0.05, 0) is 53.7 Å². The van der Waals surface area contributed by atoms with Crippen LogP contribution in [0.5, 0.6) is 0 Å². The van der Waals surface area contributed by atoms with Crippen molar-refractivity contribution in [2.45, 2.75) is 71.9 Å². The minimum absolute atomic E-state index is 0.224. The Hall–Kier alpha value is -2.42. The Bertz CT molecular complexity index is 734. The molecule has 1 saturated heterocycles. The van der Waals surface area contributed by atoms with E-state index in [4.69, 9.17) is 0 Å². The lowest BCUT2D eigenvalue weighted by atomic mass is 9.98. The van der Waals surface area contributed by atoms with Crippen LogP contribution in [-0.4, -0.2) is 55.9 Å². The molecule has 0 saturated carbocycles. The van der Waals surface area contributed by atoms with Gasteiger partial charge < -0.3 is 10.2 Å². The number of nitrogens with one attached hydrogen (secondary N) is 1. The second-order valence-electron chi connectivity index (χ2n) is 8.05. The van der Waals surface area contributed by atoms with Crippen molar-refractivity contribution < 1.29 is 23.6 Å². The minimum Gasteiger partial charge on any atom is -0.334 e. The second kappa shape index (κ2) is 7.90. The molecule has 1 aromatic rings. The van der Waals surface area contributed by atoms with Crippen LogP contribution in [-0.2, 0) is 6.54 Å². The fourth-order valence-corrected chi connectivity index (χ4v) is 3.43. The summed E-state index contributed by atoms with van der Waals surface area (Å²) in [5.41, 5.74) is -1.37. The van der Waals surface area contributed by atoms with E-state index in [-0.39, 0.29) is 24.2 Å². The monoisotopic (exact) mass is 398 g/mol. The van der Waals surface area contributed by atoms with Crippen LogP contribution in [0.15, 0.2) is 18.2 Å². The summed E-state index contributed by atoms with van der Waals surface area (Å²) < 4.78 is 28.3. The number of carbonyl (C=O) groups is 2. The van der Waals surface area contributed by atoms with E-state index in [1.54, 1.807) is 41.5 Å². The van der Waals surface area contributed by atoms with Crippen molar-refractivity contribution >= 4 is 12.1 Å². The number of nitrogens with zero attached hydrogens (tertiary/aromatic N) is 3. The van der Waals surface area contributed by atoms with Gasteiger partial charge in [0.15, 0.2) is 6.17 Å². The van der Waals surface area contributed by atoms with Gasteiger partial charge in [-0.25, -0.2) is 18.4 Å². The standard InChI is InChI=1S/C19H28F2N4O3/c1-11(2)22-17(26)25(28)16-19(5,6)23(18(27)24(16)12(3)4)10-13-14(20)8-7-9-15(13)21/h7-9,11-12,16,28H,10H2,1-6H3,(H,22,26)/t16-/m1/s1. The maximum Gasteiger partial charge on any atom is 0.343 e. The molecule has 1 fully saturated rings. The molecule has 0 aliphatic carbocycles. The molecule has 0 radical (unpaired) electrons. The van der Waals surface area contributed by atoms with E-state index in [1.807, 2.05) is 0 Å². The highest BCUT2D eigenvalue weighted by Crippen LogP contribution is 2.37. The fraction of sp³-hybridized carbons (Fsp3) is 0.579. The van der Waals surface area contributed by atoms with E-state index in [0.29, 0.717) is 5.06 Å². The molecule has 0 spiro atoms. The second-order valence-corrected chi connectivity index (χ2v) is 8.05. The van der Waals surface area contributed by atoms with Gasteiger partial charge in [0.25, 0.3) is 0 Å². The Morgan fingerprint density at radius 3 is 2.25 bits per heavy atom. The largest absolute Gasteiger partial charge is 0.343 e. The van der Waals surface area contributed by atoms with Gasteiger partial charge in [0, 0.05) is 17.6 Å². The van der Waals surface area contributed by atoms with Crippen LogP contribution in [0.3, 0.4) is 0 Å². The highest BCUT2D eigenvalue weighted by molar-refractivity contribution is 5.81. The Morgan fingerprint density at radius 2 is 1.79 bits per heavy atom. The van der Waals surface area contributed by atoms with E-state index in [1.165, 1.54) is 15.9 Å². The summed E-state index contributed by atoms with van der Waals surface area (Å²) >= 11 is 0. The van der Waals surface area contributed by atoms with Crippen molar-refractivity contribution in [3.8, 4) is 0 Å². The Labute approximate surface area is 163 Å². The number of hydrogen-bond acceptors (Lipinski definition) is 3. The molecule has 4 amide bonds. The number of hydroxylamine groups is 2. The van der Waals surface area contributed by atoms with Crippen LogP contribution in [0, 0.1) is 11.6 Å². The summed E-state index contributed by atoms with van der Waals surface area (Å²) in [5.74, 6) is -1.52. The predicted octanol–water partition coefficient (Wildman–Crippen LogP) is 3.52. The highest BCUT2D eigenvalue weighted by Gasteiger charge is 2.56. The molecule has 0 aromatic heterocycles. The minimum atomic E-state index is -1.13. The zero-order chi connectivity index (χ0) is 21.4. The zero-order valence-corrected chi connectivity index (χ0v) is 17.0. The third-order valence-corrected chi connectivity index (χ3v) is 4.83. The normalized spacial score (nSPS) is 19.0. The lowest BCUT2D eigenvalue weighted by Crippen LogP contribution is -2.60. The third kappa shape index (κ3) is 3.89. The molecular weight excluding hydrogens is 370 g/mol. The quantitative estimate of drug-likeness (QED) is 0.589. The Balaban J connectivity index is 2.44. The van der Waals surface area contributed by atoms with E-state index in [2.05, 4.69) is 5.32 Å². The number of urea groups is 2. The van der Waals surface area contributed by atoms with E-state index >= 15 is 0 Å². The van der Waals surface area contributed by atoms with E-state index in [0.717, 1.165) is 12.1 Å². The van der Waals surface area contributed by atoms with Crippen molar-refractivity contribution in [2.24, 2.45) is 0 Å². The molecule has 2 rings (SSSR count). The summed E-state index contributed by atoms with van der Waals surface area (Å²) in [5, 5.41) is 13.6. The number of amides is 4. The molecule has 1 aliphatic heterocycles. The highest BCUT2D eigenvalue weighted by atomic mass is 19.1. The van der Waals surface area contributed by atoms with Gasteiger partial charge in [0.2, 0.25) is 0 Å². The van der Waals surface area contributed by atoms with Crippen LogP contribution >= 0.6 is 0 Å². The van der Waals surface area contributed by atoms with Crippen LogP contribution in [0.2, 0.25) is 0 Å². The first kappa shape index (κ1) is 21.9. The van der Waals surface area contributed by atoms with Crippen molar-refractivity contribution in [3.05, 3.63) is 35.4 Å². The molecule has 0 unspecified atom stereocenters. The molecule has 2 N–H and O–H groups in total. The van der Waals surface area contributed by atoms with Gasteiger partial charge in [-0.2, -0.15) is 5.06 Å². The number of halogens is 2. The number of benzene rings is 1. The number of carbonyl (C=O) groups excluding carboxylic acids is 2. The summed E-state index contributed by atoms with van der Waals surface area (Å²) in [7, 11) is 0. The summed E-state index contributed by atoms with van der Waals surface area (Å²) in [6, 6.07) is 1.62. The first-order chi connectivity index (χ1) is 12.9. The SMILES string of the molecule is CC(C)NC(=O)N(O)[C@H]1N(C(C)C)C(=O)N(Cc2c(F)cccc2F)C1(C)C. The average Bonchev–Trinajstić information content (AvgIpc) is 2.76. The van der Waals surface area contributed by atoms with Gasteiger partial charge >= 0.3 is 12.1 Å². The average molecular weight is 398 g/mol. The molecule has 1 heterocycles. The summed E-state index contributed by atoms with van der Waals surface area (Å²) in [6.45, 7) is 9.91. The number of hydrogen-bond donors (Lipinski definition) is 2. The molecule has 7 nitrogen and oxygen atoms in total. The fourth-order valence-electron chi connectivity index (χ4n) is 3.43. The van der Waals surface area contributed by atoms with Crippen LogP contribution in [0.25, 0.3) is 0 Å². The molecule has 1 atom stereocenters. The molecule has 9 heteroatoms. The smallest absolute Gasteiger partial charge is 0.334 e. The predicted molar refractivity (Wildman–Crippen MR) is 99.4 cm³/mol. The van der Waals surface area contributed by atoms with Crippen molar-refractivity contribution in [1.29, 1.82) is 0 Å². The van der Waals surface area contributed by atoms with E-state index in [9.17, 15) is 23.6 Å². The summed E-state index contributed by atoms with van der Waals surface area (Å²) in [6.07, 6.45) is -1.05. The first-order valence-electron chi connectivity index (χ1n) is 9.21. The molecule has 156 valence electrons. The zero-order valence-electron chi connectivity index (χ0n) is 17.0. The first-order valence-corrected chi connectivity index (χ1v) is 9.21. The lowest BCUT2D eigenvalue weighted by Gasteiger charge is -2.39. The molecule has 0 bridgehead atoms. The third-order valence-electron chi connectivity index (χ3n) is 4.83. The Morgan fingerprint density at radius 1 is 1.25 bits per heavy atom. The van der Waals surface area contributed by atoms with Crippen molar-refractivity contribution in [3.63, 3.8) is 0 Å². The topological polar surface area (TPSA) is 76.1 Å². The lowest BCUT2D eigenvalue weighted by molar-refractivity contribution is -0.138. The van der Waals surface area contributed by atoms with Gasteiger partial charge in [-0.3, -0.25) is 10.1 Å². The van der Waals surface area contributed by atoms with E-state index < -0.39 is 35.4 Å². The maximum atomic E-state index is 14.2. The Kier molecular flexibility index (Phi) is 6.18. The molecule has 1 aromatic carbocycles. The van der Waals surface area contributed by atoms with Crippen LogP contribution in [0.4, 0.5) is 18.4 Å². The van der Waals surface area contributed by atoms with Crippen molar-refractivity contribution in [2.75, 3.05) is 0 Å². The maximum absolute atomic E-state index is 14.2. The number of rotatable bonds is 5. The molecular formula is C19H28F2N4O3. The van der Waals surface area contributed by atoms with Gasteiger partial charge in [-0.1, -0.05) is 6.07 Å².